The number of Topliss-reactive ketones (excluding diaryl/α,β-unsaturated/α-hetero) is 1. The molecule has 32 heavy (non-hydrogen) atoms. The second-order valence-corrected chi connectivity index (χ2v) is 9.87. The summed E-state index contributed by atoms with van der Waals surface area (Å²) in [5.41, 5.74) is 3.39. The van der Waals surface area contributed by atoms with E-state index >= 15 is 0 Å². The number of aromatic nitrogens is 1. The molecule has 0 unspecified atom stereocenters. The highest BCUT2D eigenvalue weighted by atomic mass is 16.3. The van der Waals surface area contributed by atoms with Crippen LogP contribution in [0.25, 0.3) is 0 Å². The molecule has 1 N–H and O–H groups in total. The van der Waals surface area contributed by atoms with E-state index < -0.39 is 5.60 Å². The Balaban J connectivity index is 1.55. The first-order valence-electron chi connectivity index (χ1n) is 11.7. The van der Waals surface area contributed by atoms with E-state index in [2.05, 4.69) is 22.6 Å². The van der Waals surface area contributed by atoms with Crippen molar-refractivity contribution in [2.45, 2.75) is 64.6 Å². The third-order valence-corrected chi connectivity index (χ3v) is 7.46. The monoisotopic (exact) mass is 437 g/mol. The molecule has 0 bridgehead atoms. The molecule has 0 radical (unpaired) electrons. The van der Waals surface area contributed by atoms with Gasteiger partial charge in [-0.1, -0.05) is 13.0 Å². The first kappa shape index (κ1) is 22.7. The van der Waals surface area contributed by atoms with Crippen molar-refractivity contribution in [1.82, 2.24) is 14.4 Å². The molecule has 1 aromatic heterocycles. The molecule has 1 aromatic carbocycles. The average Bonchev–Trinajstić information content (AvgIpc) is 3.20. The predicted molar refractivity (Wildman–Crippen MR) is 125 cm³/mol. The van der Waals surface area contributed by atoms with E-state index in [1.165, 1.54) is 5.69 Å². The Kier molecular flexibility index (Phi) is 5.80. The molecule has 2 aliphatic heterocycles. The summed E-state index contributed by atoms with van der Waals surface area (Å²) in [5, 5.41) is 10.3. The van der Waals surface area contributed by atoms with Gasteiger partial charge in [0.15, 0.2) is 5.78 Å². The number of hydrogen-bond acceptors (Lipinski definition) is 4. The molecule has 4 rings (SSSR count). The fourth-order valence-corrected chi connectivity index (χ4v) is 5.58. The summed E-state index contributed by atoms with van der Waals surface area (Å²) >= 11 is 0. The molecule has 3 heterocycles. The molecule has 2 aliphatic rings. The van der Waals surface area contributed by atoms with Gasteiger partial charge in [0.05, 0.1) is 16.8 Å². The summed E-state index contributed by atoms with van der Waals surface area (Å²) in [6.45, 7) is 10.5. The minimum absolute atomic E-state index is 0.0425. The average molecular weight is 438 g/mol. The van der Waals surface area contributed by atoms with Crippen LogP contribution in [0.3, 0.4) is 0 Å². The zero-order valence-corrected chi connectivity index (χ0v) is 19.9. The number of aliphatic hydroxyl groups is 1. The number of benzene rings is 1. The fourth-order valence-electron chi connectivity index (χ4n) is 5.58. The summed E-state index contributed by atoms with van der Waals surface area (Å²) in [6, 6.07) is 9.68. The summed E-state index contributed by atoms with van der Waals surface area (Å²) < 4.78 is 2.21. The van der Waals surface area contributed by atoms with Gasteiger partial charge in [-0.05, 0) is 76.1 Å². The van der Waals surface area contributed by atoms with E-state index in [1.807, 2.05) is 43.0 Å². The number of carbonyl (C=O) groups excluding carboxylic acids is 2. The molecule has 0 atom stereocenters. The van der Waals surface area contributed by atoms with Crippen molar-refractivity contribution in [1.29, 1.82) is 0 Å². The molecule has 1 fully saturated rings. The van der Waals surface area contributed by atoms with E-state index in [0.29, 0.717) is 25.1 Å². The SMILES string of the molecule is CCC(=O)c1ccc2n1CCN(C)C21CCN(C(=O)c2ccc(C(C)(C)O)c(C)c2)CC1. The zero-order chi connectivity index (χ0) is 23.3. The van der Waals surface area contributed by atoms with E-state index in [0.717, 1.165) is 42.8 Å². The number of likely N-dealkylation sites (tertiary alicyclic amines) is 1. The Bertz CT molecular complexity index is 1040. The first-order valence-corrected chi connectivity index (χ1v) is 11.7. The minimum Gasteiger partial charge on any atom is -0.386 e. The number of piperidine rings is 1. The van der Waals surface area contributed by atoms with Crippen molar-refractivity contribution in [3.63, 3.8) is 0 Å². The van der Waals surface area contributed by atoms with Crippen molar-refractivity contribution in [2.75, 3.05) is 26.7 Å². The van der Waals surface area contributed by atoms with Gasteiger partial charge in [-0.3, -0.25) is 14.5 Å². The second-order valence-electron chi connectivity index (χ2n) is 9.87. The maximum atomic E-state index is 13.2. The van der Waals surface area contributed by atoms with Crippen LogP contribution in [-0.4, -0.2) is 57.8 Å². The van der Waals surface area contributed by atoms with Crippen LogP contribution in [0.5, 0.6) is 0 Å². The van der Waals surface area contributed by atoms with Gasteiger partial charge in [0.2, 0.25) is 0 Å². The third kappa shape index (κ3) is 3.69. The molecule has 172 valence electrons. The second kappa shape index (κ2) is 8.16. The predicted octanol–water partition coefficient (Wildman–Crippen LogP) is 3.69. The minimum atomic E-state index is -0.929. The summed E-state index contributed by atoms with van der Waals surface area (Å²) in [5.74, 6) is 0.231. The molecular formula is C26H35N3O3. The maximum Gasteiger partial charge on any atom is 0.253 e. The van der Waals surface area contributed by atoms with Gasteiger partial charge < -0.3 is 14.6 Å². The van der Waals surface area contributed by atoms with Crippen LogP contribution in [-0.2, 0) is 17.7 Å². The number of hydrogen-bond donors (Lipinski definition) is 1. The topological polar surface area (TPSA) is 65.8 Å². The molecule has 1 amide bonds. The molecular weight excluding hydrogens is 402 g/mol. The van der Waals surface area contributed by atoms with E-state index in [-0.39, 0.29) is 17.2 Å². The lowest BCUT2D eigenvalue weighted by Crippen LogP contribution is -2.56. The summed E-state index contributed by atoms with van der Waals surface area (Å²) in [7, 11) is 2.16. The van der Waals surface area contributed by atoms with Crippen LogP contribution in [0.15, 0.2) is 30.3 Å². The maximum absolute atomic E-state index is 13.2. The molecule has 2 aromatic rings. The van der Waals surface area contributed by atoms with Crippen LogP contribution in [0.2, 0.25) is 0 Å². The van der Waals surface area contributed by atoms with Crippen LogP contribution in [0.4, 0.5) is 0 Å². The Morgan fingerprint density at radius 1 is 1.06 bits per heavy atom. The normalized spacial score (nSPS) is 18.6. The van der Waals surface area contributed by atoms with Crippen molar-refractivity contribution < 1.29 is 14.7 Å². The highest BCUT2D eigenvalue weighted by Gasteiger charge is 2.45. The lowest BCUT2D eigenvalue weighted by Gasteiger charge is -2.50. The van der Waals surface area contributed by atoms with Gasteiger partial charge in [0.1, 0.15) is 0 Å². The van der Waals surface area contributed by atoms with Crippen LogP contribution in [0.1, 0.15) is 77.7 Å². The standard InChI is InChI=1S/C26H35N3O3/c1-6-22(30)21-9-10-23-26(27(5)15-16-29(21)23)11-13-28(14-12-26)24(31)19-7-8-20(18(2)17-19)25(3,4)32/h7-10,17,32H,6,11-16H2,1-5H3. The first-order chi connectivity index (χ1) is 15.1. The van der Waals surface area contributed by atoms with E-state index in [1.54, 1.807) is 13.8 Å². The van der Waals surface area contributed by atoms with Gasteiger partial charge in [-0.25, -0.2) is 0 Å². The summed E-state index contributed by atoms with van der Waals surface area (Å²) in [4.78, 5) is 30.0. The molecule has 6 nitrogen and oxygen atoms in total. The van der Waals surface area contributed by atoms with Crippen molar-refractivity contribution in [3.05, 3.63) is 58.4 Å². The van der Waals surface area contributed by atoms with Gasteiger partial charge in [0.25, 0.3) is 5.91 Å². The van der Waals surface area contributed by atoms with Crippen LogP contribution < -0.4 is 0 Å². The number of amides is 1. The number of aryl methyl sites for hydroxylation is 1. The molecule has 0 aliphatic carbocycles. The molecule has 0 saturated carbocycles. The van der Waals surface area contributed by atoms with Crippen molar-refractivity contribution in [2.24, 2.45) is 0 Å². The van der Waals surface area contributed by atoms with Crippen LogP contribution in [0, 0.1) is 6.92 Å². The molecule has 1 spiro atoms. The largest absolute Gasteiger partial charge is 0.386 e. The number of nitrogens with zero attached hydrogens (tertiary/aromatic N) is 3. The van der Waals surface area contributed by atoms with Gasteiger partial charge in [0, 0.05) is 43.9 Å². The molecule has 6 heteroatoms. The van der Waals surface area contributed by atoms with Gasteiger partial charge in [-0.15, -0.1) is 0 Å². The highest BCUT2D eigenvalue weighted by Crippen LogP contribution is 2.41. The zero-order valence-electron chi connectivity index (χ0n) is 19.9. The lowest BCUT2D eigenvalue weighted by atomic mass is 9.81. The fraction of sp³-hybridized carbons (Fsp3) is 0.538. The lowest BCUT2D eigenvalue weighted by molar-refractivity contribution is 0.0127. The van der Waals surface area contributed by atoms with E-state index in [4.69, 9.17) is 0 Å². The summed E-state index contributed by atoms with van der Waals surface area (Å²) in [6.07, 6.45) is 2.21. The Morgan fingerprint density at radius 2 is 1.75 bits per heavy atom. The quantitative estimate of drug-likeness (QED) is 0.741. The van der Waals surface area contributed by atoms with Gasteiger partial charge in [-0.2, -0.15) is 0 Å². The molecule has 1 saturated heterocycles. The number of ketones is 1. The Morgan fingerprint density at radius 3 is 2.34 bits per heavy atom. The number of fused-ring (bicyclic) bond motifs is 2. The number of carbonyl (C=O) groups is 2. The smallest absolute Gasteiger partial charge is 0.253 e. The van der Waals surface area contributed by atoms with Crippen molar-refractivity contribution in [3.8, 4) is 0 Å². The highest BCUT2D eigenvalue weighted by molar-refractivity contribution is 5.95. The Hall–Kier alpha value is -2.44. The number of rotatable bonds is 4. The third-order valence-electron chi connectivity index (χ3n) is 7.46. The van der Waals surface area contributed by atoms with E-state index in [9.17, 15) is 14.7 Å². The Labute approximate surface area is 190 Å². The van der Waals surface area contributed by atoms with Gasteiger partial charge >= 0.3 is 0 Å². The van der Waals surface area contributed by atoms with Crippen molar-refractivity contribution >= 4 is 11.7 Å². The number of likely N-dealkylation sites (N-methyl/N-ethyl adjacent to an activating group) is 1. The van der Waals surface area contributed by atoms with Crippen LogP contribution >= 0.6 is 0 Å².